The van der Waals surface area contributed by atoms with Crippen molar-refractivity contribution < 1.29 is 24.2 Å². The molecule has 3 fully saturated rings. The number of likely N-dealkylation sites (tertiary alicyclic amines) is 1. The minimum atomic E-state index is -0.664. The van der Waals surface area contributed by atoms with Gasteiger partial charge in [0, 0.05) is 29.1 Å². The lowest BCUT2D eigenvalue weighted by Gasteiger charge is -2.38. The largest absolute Gasteiger partial charge is 0.466 e. The second-order valence-electron chi connectivity index (χ2n) is 9.47. The summed E-state index contributed by atoms with van der Waals surface area (Å²) in [6, 6.07) is 6.26. The second kappa shape index (κ2) is 10.5. The van der Waals surface area contributed by atoms with Crippen molar-refractivity contribution in [2.45, 2.75) is 62.0 Å². The molecule has 0 aromatic heterocycles. The van der Waals surface area contributed by atoms with Gasteiger partial charge in [-0.25, -0.2) is 0 Å². The molecule has 186 valence electrons. The molecule has 3 unspecified atom stereocenters. The van der Waals surface area contributed by atoms with Crippen LogP contribution in [0.25, 0.3) is 0 Å². The van der Waals surface area contributed by atoms with Gasteiger partial charge in [-0.05, 0) is 56.4 Å². The maximum Gasteiger partial charge on any atom is 0.310 e. The van der Waals surface area contributed by atoms with E-state index in [9.17, 15) is 14.4 Å². The van der Waals surface area contributed by atoms with Crippen molar-refractivity contribution >= 4 is 46.8 Å². The van der Waals surface area contributed by atoms with Crippen molar-refractivity contribution in [3.05, 3.63) is 29.3 Å². The number of nitrogens with one attached hydrogen (secondary N) is 1. The van der Waals surface area contributed by atoms with Crippen LogP contribution in [0.1, 0.15) is 46.0 Å². The summed E-state index contributed by atoms with van der Waals surface area (Å²) in [5, 5.41) is 12.6. The van der Waals surface area contributed by atoms with Crippen LogP contribution in [0.5, 0.6) is 0 Å². The highest BCUT2D eigenvalue weighted by Crippen LogP contribution is 2.68. The van der Waals surface area contributed by atoms with Crippen LogP contribution in [0, 0.1) is 17.8 Å². The smallest absolute Gasteiger partial charge is 0.310 e. The van der Waals surface area contributed by atoms with Crippen molar-refractivity contribution in [2.24, 2.45) is 17.8 Å². The Morgan fingerprint density at radius 2 is 1.94 bits per heavy atom. The summed E-state index contributed by atoms with van der Waals surface area (Å²) >= 11 is 7.64. The number of anilines is 1. The molecule has 1 aromatic rings. The molecule has 2 N–H and O–H groups in total. The monoisotopic (exact) mass is 508 g/mol. The lowest BCUT2D eigenvalue weighted by Crippen LogP contribution is -2.54. The molecule has 34 heavy (non-hydrogen) atoms. The molecule has 1 spiro atoms. The second-order valence-corrected chi connectivity index (χ2v) is 11.5. The zero-order chi connectivity index (χ0) is 24.5. The van der Waals surface area contributed by atoms with Crippen molar-refractivity contribution in [2.75, 3.05) is 25.1 Å². The molecule has 2 amide bonds. The number of nitrogens with zero attached hydrogens (tertiary/aromatic N) is 1. The number of esters is 1. The number of aliphatic hydroxyl groups excluding tert-OH is 1. The Balaban J connectivity index is 1.64. The Kier molecular flexibility index (Phi) is 7.79. The standard InChI is InChI=1S/C25H33ClN2O5S/c1-3-33-24(32)19-18-14-15(2)25(34-18)20(19)23(31)28(12-6-4-5-7-13-29)21(25)22(30)27-17-10-8-16(26)9-11-17/h8-11,15,18-21,29H,3-7,12-14H2,1-2H3,(H,27,30)/t15?,18-,19+,20-,21?,25?/m0/s1. The third-order valence-electron chi connectivity index (χ3n) is 7.47. The SMILES string of the molecule is CCOC(=O)[C@@H]1[C@@H]2CC(C)C3(S2)C(C(=O)Nc2ccc(Cl)cc2)N(CCCCCCO)C(=O)[C@H]13. The van der Waals surface area contributed by atoms with Gasteiger partial charge in [0.1, 0.15) is 6.04 Å². The summed E-state index contributed by atoms with van der Waals surface area (Å²) in [7, 11) is 0. The number of rotatable bonds is 10. The predicted molar refractivity (Wildman–Crippen MR) is 133 cm³/mol. The molecule has 0 radical (unpaired) electrons. The summed E-state index contributed by atoms with van der Waals surface area (Å²) in [5.41, 5.74) is 0.622. The van der Waals surface area contributed by atoms with E-state index in [1.807, 2.05) is 0 Å². The Morgan fingerprint density at radius 1 is 1.24 bits per heavy atom. The average molecular weight is 509 g/mol. The summed E-state index contributed by atoms with van der Waals surface area (Å²) in [4.78, 5) is 42.2. The number of aliphatic hydroxyl groups is 1. The fourth-order valence-corrected chi connectivity index (χ4v) is 8.59. The maximum absolute atomic E-state index is 13.8. The molecule has 3 saturated heterocycles. The minimum Gasteiger partial charge on any atom is -0.466 e. The summed E-state index contributed by atoms with van der Waals surface area (Å²) in [6.45, 7) is 4.74. The number of benzene rings is 1. The molecule has 0 saturated carbocycles. The number of unbranched alkanes of at least 4 members (excludes halogenated alkanes) is 3. The molecular formula is C25H33ClN2O5S. The first-order valence-corrected chi connectivity index (χ1v) is 13.4. The number of amides is 2. The van der Waals surface area contributed by atoms with Gasteiger partial charge in [0.2, 0.25) is 11.8 Å². The minimum absolute atomic E-state index is 0.0134. The number of fused-ring (bicyclic) bond motifs is 1. The van der Waals surface area contributed by atoms with E-state index in [4.69, 9.17) is 21.4 Å². The van der Waals surface area contributed by atoms with Crippen LogP contribution in [0.4, 0.5) is 5.69 Å². The Hall–Kier alpha value is -1.77. The molecule has 9 heteroatoms. The summed E-state index contributed by atoms with van der Waals surface area (Å²) in [5.74, 6) is -1.62. The Bertz CT molecular complexity index is 928. The third kappa shape index (κ3) is 4.33. The summed E-state index contributed by atoms with van der Waals surface area (Å²) < 4.78 is 4.72. The van der Waals surface area contributed by atoms with Gasteiger partial charge in [-0.3, -0.25) is 14.4 Å². The zero-order valence-electron chi connectivity index (χ0n) is 19.7. The normalized spacial score (nSPS) is 31.6. The van der Waals surface area contributed by atoms with Gasteiger partial charge in [0.25, 0.3) is 0 Å². The van der Waals surface area contributed by atoms with E-state index in [1.54, 1.807) is 47.9 Å². The maximum atomic E-state index is 13.8. The lowest BCUT2D eigenvalue weighted by molar-refractivity contribution is -0.154. The fraction of sp³-hybridized carbons (Fsp3) is 0.640. The molecule has 0 aliphatic carbocycles. The van der Waals surface area contributed by atoms with Crippen LogP contribution in [-0.4, -0.2) is 63.6 Å². The van der Waals surface area contributed by atoms with Crippen LogP contribution in [0.2, 0.25) is 5.02 Å². The van der Waals surface area contributed by atoms with Gasteiger partial charge < -0.3 is 20.1 Å². The van der Waals surface area contributed by atoms with Crippen LogP contribution in [0.3, 0.4) is 0 Å². The van der Waals surface area contributed by atoms with E-state index >= 15 is 0 Å². The van der Waals surface area contributed by atoms with E-state index in [0.29, 0.717) is 17.3 Å². The van der Waals surface area contributed by atoms with Crippen LogP contribution >= 0.6 is 23.4 Å². The molecule has 3 heterocycles. The first-order valence-electron chi connectivity index (χ1n) is 12.2. The molecule has 2 bridgehead atoms. The van der Waals surface area contributed by atoms with Crippen LogP contribution in [-0.2, 0) is 19.1 Å². The molecule has 1 aromatic carbocycles. The number of hydrogen-bond donors (Lipinski definition) is 2. The van der Waals surface area contributed by atoms with Crippen LogP contribution < -0.4 is 5.32 Å². The predicted octanol–water partition coefficient (Wildman–Crippen LogP) is 3.73. The van der Waals surface area contributed by atoms with E-state index in [1.165, 1.54) is 0 Å². The Morgan fingerprint density at radius 3 is 2.62 bits per heavy atom. The van der Waals surface area contributed by atoms with Crippen molar-refractivity contribution in [1.29, 1.82) is 0 Å². The number of ether oxygens (including phenoxy) is 1. The highest BCUT2D eigenvalue weighted by atomic mass is 35.5. The highest BCUT2D eigenvalue weighted by Gasteiger charge is 2.76. The quantitative estimate of drug-likeness (QED) is 0.369. The first kappa shape index (κ1) is 25.3. The van der Waals surface area contributed by atoms with Crippen molar-refractivity contribution in [3.8, 4) is 0 Å². The number of carbonyl (C=O) groups excluding carboxylic acids is 3. The molecule has 4 rings (SSSR count). The first-order chi connectivity index (χ1) is 16.3. The Labute approximate surface area is 209 Å². The van der Waals surface area contributed by atoms with E-state index in [0.717, 1.165) is 32.1 Å². The van der Waals surface area contributed by atoms with Gasteiger partial charge in [-0.15, -0.1) is 11.8 Å². The molecule has 6 atom stereocenters. The topological polar surface area (TPSA) is 95.9 Å². The van der Waals surface area contributed by atoms with E-state index < -0.39 is 22.6 Å². The number of thioether (sulfide) groups is 1. The third-order valence-corrected chi connectivity index (χ3v) is 9.80. The van der Waals surface area contributed by atoms with Gasteiger partial charge in [-0.2, -0.15) is 0 Å². The van der Waals surface area contributed by atoms with Gasteiger partial charge in [0.15, 0.2) is 0 Å². The fourth-order valence-electron chi connectivity index (χ4n) is 6.06. The molecule has 7 nitrogen and oxygen atoms in total. The lowest BCUT2D eigenvalue weighted by atomic mass is 9.66. The summed E-state index contributed by atoms with van der Waals surface area (Å²) in [6.07, 6.45) is 3.98. The average Bonchev–Trinajstić information content (AvgIpc) is 3.39. The van der Waals surface area contributed by atoms with E-state index in [2.05, 4.69) is 12.2 Å². The van der Waals surface area contributed by atoms with Crippen LogP contribution in [0.15, 0.2) is 24.3 Å². The molecule has 3 aliphatic heterocycles. The van der Waals surface area contributed by atoms with Gasteiger partial charge in [0.05, 0.1) is 23.2 Å². The number of halogens is 1. The number of hydrogen-bond acceptors (Lipinski definition) is 6. The molecular weight excluding hydrogens is 476 g/mol. The number of carbonyl (C=O) groups is 3. The van der Waals surface area contributed by atoms with Gasteiger partial charge >= 0.3 is 5.97 Å². The highest BCUT2D eigenvalue weighted by molar-refractivity contribution is 8.02. The van der Waals surface area contributed by atoms with Gasteiger partial charge in [-0.1, -0.05) is 31.4 Å². The van der Waals surface area contributed by atoms with Crippen molar-refractivity contribution in [1.82, 2.24) is 4.90 Å². The van der Waals surface area contributed by atoms with Crippen molar-refractivity contribution in [3.63, 3.8) is 0 Å². The van der Waals surface area contributed by atoms with E-state index in [-0.39, 0.29) is 42.2 Å². The molecule has 3 aliphatic rings. The zero-order valence-corrected chi connectivity index (χ0v) is 21.2.